The number of carbonyl (C=O) groups is 1. The molecule has 0 spiro atoms. The molecular weight excluding hydrogens is 244 g/mol. The molecule has 0 aromatic rings. The van der Waals surface area contributed by atoms with Crippen molar-refractivity contribution in [1.29, 1.82) is 0 Å². The van der Waals surface area contributed by atoms with Crippen molar-refractivity contribution in [2.45, 2.75) is 32.8 Å². The number of nitrogens with zero attached hydrogens (tertiary/aromatic N) is 1. The van der Waals surface area contributed by atoms with E-state index in [-0.39, 0.29) is 0 Å². The van der Waals surface area contributed by atoms with Gasteiger partial charge in [-0.3, -0.25) is 4.99 Å². The molecule has 0 heterocycles. The Hall–Kier alpha value is -1.90. The Labute approximate surface area is 115 Å². The van der Waals surface area contributed by atoms with E-state index in [1.807, 2.05) is 20.8 Å². The summed E-state index contributed by atoms with van der Waals surface area (Å²) in [6.07, 6.45) is 5.49. The monoisotopic (exact) mass is 268 g/mol. The highest BCUT2D eigenvalue weighted by Gasteiger charge is 2.15. The second kappa shape index (κ2) is 9.09. The van der Waals surface area contributed by atoms with Crippen LogP contribution in [0.15, 0.2) is 4.99 Å². The maximum Gasteiger partial charge on any atom is 0.407 e. The lowest BCUT2D eigenvalue weighted by Gasteiger charge is -2.19. The summed E-state index contributed by atoms with van der Waals surface area (Å²) in [6, 6.07) is 0. The zero-order valence-electron chi connectivity index (χ0n) is 12.2. The zero-order valence-corrected chi connectivity index (χ0v) is 12.2. The molecule has 0 fully saturated rings. The second-order valence-corrected chi connectivity index (χ2v) is 4.84. The highest BCUT2D eigenvalue weighted by molar-refractivity contribution is 5.79. The molecule has 0 aromatic heterocycles. The zero-order chi connectivity index (χ0) is 14.7. The highest BCUT2D eigenvalue weighted by atomic mass is 16.6. The average Bonchev–Trinajstić information content (AvgIpc) is 2.30. The summed E-state index contributed by atoms with van der Waals surface area (Å²) < 4.78 is 5.11. The Morgan fingerprint density at radius 2 is 1.89 bits per heavy atom. The molecule has 0 aromatic carbocycles. The lowest BCUT2D eigenvalue weighted by Crippen LogP contribution is -2.39. The van der Waals surface area contributed by atoms with Gasteiger partial charge in [0, 0.05) is 20.1 Å². The fraction of sp³-hybridized carbons (Fsp3) is 0.692. The number of ether oxygens (including phenoxy) is 1. The van der Waals surface area contributed by atoms with E-state index in [4.69, 9.17) is 11.2 Å². The van der Waals surface area contributed by atoms with E-state index in [0.29, 0.717) is 25.6 Å². The molecule has 6 heteroatoms. The number of nitrogens with one attached hydrogen (secondary N) is 3. The van der Waals surface area contributed by atoms with Crippen LogP contribution in [0, 0.1) is 12.3 Å². The molecule has 19 heavy (non-hydrogen) atoms. The molecule has 6 nitrogen and oxygen atoms in total. The van der Waals surface area contributed by atoms with Gasteiger partial charge in [-0.25, -0.2) is 4.79 Å². The van der Waals surface area contributed by atoms with Crippen LogP contribution in [0.25, 0.3) is 0 Å². The minimum absolute atomic E-state index is 0.401. The van der Waals surface area contributed by atoms with Gasteiger partial charge in [-0.2, -0.15) is 0 Å². The van der Waals surface area contributed by atoms with Crippen molar-refractivity contribution in [2.75, 3.05) is 26.7 Å². The summed E-state index contributed by atoms with van der Waals surface area (Å²) in [6.45, 7) is 7.13. The van der Waals surface area contributed by atoms with Crippen LogP contribution in [0.2, 0.25) is 0 Å². The van der Waals surface area contributed by atoms with Crippen molar-refractivity contribution < 1.29 is 9.53 Å². The third-order valence-corrected chi connectivity index (χ3v) is 1.90. The second-order valence-electron chi connectivity index (χ2n) is 4.84. The Morgan fingerprint density at radius 3 is 2.42 bits per heavy atom. The fourth-order valence-electron chi connectivity index (χ4n) is 1.16. The Bertz CT molecular complexity index is 340. The van der Waals surface area contributed by atoms with Gasteiger partial charge < -0.3 is 20.7 Å². The maximum absolute atomic E-state index is 11.3. The summed E-state index contributed by atoms with van der Waals surface area (Å²) in [5.74, 6) is 3.11. The number of carbonyl (C=O) groups excluding carboxylic acids is 1. The smallest absolute Gasteiger partial charge is 0.407 e. The number of hydrogen-bond acceptors (Lipinski definition) is 3. The van der Waals surface area contributed by atoms with E-state index in [9.17, 15) is 4.79 Å². The van der Waals surface area contributed by atoms with Crippen LogP contribution >= 0.6 is 0 Å². The summed E-state index contributed by atoms with van der Waals surface area (Å²) in [7, 11) is 1.67. The minimum atomic E-state index is -0.469. The number of aliphatic imine (C=N–C) groups is 1. The topological polar surface area (TPSA) is 74.8 Å². The maximum atomic E-state index is 11.3. The quantitative estimate of drug-likeness (QED) is 0.297. The average molecular weight is 268 g/mol. The number of rotatable bonds is 5. The van der Waals surface area contributed by atoms with Crippen LogP contribution in [0.5, 0.6) is 0 Å². The van der Waals surface area contributed by atoms with Gasteiger partial charge in [-0.1, -0.05) is 5.92 Å². The van der Waals surface area contributed by atoms with E-state index in [1.165, 1.54) is 0 Å². The predicted molar refractivity (Wildman–Crippen MR) is 77.1 cm³/mol. The van der Waals surface area contributed by atoms with Crippen LogP contribution in [0.1, 0.15) is 27.2 Å². The number of amides is 1. The van der Waals surface area contributed by atoms with Gasteiger partial charge in [0.25, 0.3) is 0 Å². The molecule has 108 valence electrons. The summed E-state index contributed by atoms with van der Waals surface area (Å²) in [5.41, 5.74) is -0.469. The molecule has 0 aliphatic rings. The van der Waals surface area contributed by atoms with Gasteiger partial charge in [0.1, 0.15) is 5.60 Å². The predicted octanol–water partition coefficient (Wildman–Crippen LogP) is 0.699. The van der Waals surface area contributed by atoms with Crippen LogP contribution < -0.4 is 16.0 Å². The molecule has 0 unspecified atom stereocenters. The van der Waals surface area contributed by atoms with E-state index < -0.39 is 11.7 Å². The Morgan fingerprint density at radius 1 is 1.26 bits per heavy atom. The van der Waals surface area contributed by atoms with E-state index in [0.717, 1.165) is 6.42 Å². The first-order valence-corrected chi connectivity index (χ1v) is 6.24. The van der Waals surface area contributed by atoms with Crippen molar-refractivity contribution >= 4 is 12.1 Å². The van der Waals surface area contributed by atoms with Crippen molar-refractivity contribution in [2.24, 2.45) is 4.99 Å². The van der Waals surface area contributed by atoms with Crippen LogP contribution in [-0.4, -0.2) is 44.3 Å². The molecule has 0 aliphatic heterocycles. The normalized spacial score (nSPS) is 11.4. The van der Waals surface area contributed by atoms with Crippen molar-refractivity contribution in [1.82, 2.24) is 16.0 Å². The Kier molecular flexibility index (Phi) is 8.18. The van der Waals surface area contributed by atoms with Crippen LogP contribution in [0.4, 0.5) is 4.79 Å². The highest BCUT2D eigenvalue weighted by Crippen LogP contribution is 2.06. The largest absolute Gasteiger partial charge is 0.444 e. The minimum Gasteiger partial charge on any atom is -0.444 e. The molecule has 0 saturated carbocycles. The third kappa shape index (κ3) is 10.9. The van der Waals surface area contributed by atoms with Crippen molar-refractivity contribution in [3.05, 3.63) is 0 Å². The van der Waals surface area contributed by atoms with Crippen LogP contribution in [0.3, 0.4) is 0 Å². The standard InChI is InChI=1S/C13H24N4O2/c1-6-8-15-11(14-5)16-9-7-10-17-12(18)19-13(2,3)4/h1H,7-10H2,2-5H3,(H,17,18)(H2,14,15,16). The van der Waals surface area contributed by atoms with E-state index in [1.54, 1.807) is 7.05 Å². The van der Waals surface area contributed by atoms with Crippen molar-refractivity contribution in [3.8, 4) is 12.3 Å². The first kappa shape index (κ1) is 17.1. The third-order valence-electron chi connectivity index (χ3n) is 1.90. The summed E-state index contributed by atoms with van der Waals surface area (Å²) in [4.78, 5) is 15.3. The molecule has 1 amide bonds. The van der Waals surface area contributed by atoms with E-state index in [2.05, 4.69) is 26.9 Å². The molecule has 0 bridgehead atoms. The van der Waals surface area contributed by atoms with Gasteiger partial charge in [0.15, 0.2) is 5.96 Å². The SMILES string of the molecule is C#CCNC(=NC)NCCCNC(=O)OC(C)(C)C. The van der Waals surface area contributed by atoms with Gasteiger partial charge >= 0.3 is 6.09 Å². The first-order valence-electron chi connectivity index (χ1n) is 6.24. The number of guanidine groups is 1. The number of alkyl carbamates (subject to hydrolysis) is 1. The number of hydrogen-bond donors (Lipinski definition) is 3. The molecule has 0 rings (SSSR count). The van der Waals surface area contributed by atoms with Gasteiger partial charge in [0.05, 0.1) is 6.54 Å². The molecule has 0 radical (unpaired) electrons. The summed E-state index contributed by atoms with van der Waals surface area (Å²) >= 11 is 0. The molecule has 3 N–H and O–H groups in total. The lowest BCUT2D eigenvalue weighted by atomic mass is 10.2. The van der Waals surface area contributed by atoms with Crippen LogP contribution in [-0.2, 0) is 4.74 Å². The first-order chi connectivity index (χ1) is 8.89. The summed E-state index contributed by atoms with van der Waals surface area (Å²) in [5, 5.41) is 8.70. The molecule has 0 atom stereocenters. The Balaban J connectivity index is 3.65. The molecule has 0 saturated heterocycles. The van der Waals surface area contributed by atoms with Gasteiger partial charge in [-0.05, 0) is 27.2 Å². The van der Waals surface area contributed by atoms with Crippen molar-refractivity contribution in [3.63, 3.8) is 0 Å². The molecule has 0 aliphatic carbocycles. The van der Waals surface area contributed by atoms with E-state index >= 15 is 0 Å². The lowest BCUT2D eigenvalue weighted by molar-refractivity contribution is 0.0527. The molecular formula is C13H24N4O2. The van der Waals surface area contributed by atoms with Gasteiger partial charge in [0.2, 0.25) is 0 Å². The number of terminal acetylenes is 1. The van der Waals surface area contributed by atoms with Gasteiger partial charge in [-0.15, -0.1) is 6.42 Å². The fourth-order valence-corrected chi connectivity index (χ4v) is 1.16.